The van der Waals surface area contributed by atoms with Crippen LogP contribution in [-0.2, 0) is 0 Å². The van der Waals surface area contributed by atoms with E-state index in [1.165, 1.54) is 6.07 Å². The third kappa shape index (κ3) is 2.23. The van der Waals surface area contributed by atoms with Gasteiger partial charge in [0.15, 0.2) is 6.23 Å². The maximum atomic E-state index is 14.1. The van der Waals surface area contributed by atoms with Gasteiger partial charge in [0.05, 0.1) is 10.9 Å². The lowest BCUT2D eigenvalue weighted by Gasteiger charge is -2.11. The smallest absolute Gasteiger partial charge is 0.242 e. The van der Waals surface area contributed by atoms with Crippen LogP contribution in [0.4, 0.5) is 4.39 Å². The first-order chi connectivity index (χ1) is 10.8. The zero-order valence-corrected chi connectivity index (χ0v) is 12.0. The Bertz CT molecular complexity index is 809. The Balaban J connectivity index is 1.83. The van der Waals surface area contributed by atoms with Gasteiger partial charge in [-0.3, -0.25) is 5.32 Å². The highest BCUT2D eigenvalue weighted by atomic mass is 19.1. The lowest BCUT2D eigenvalue weighted by Crippen LogP contribution is -2.27. The summed E-state index contributed by atoms with van der Waals surface area (Å²) < 4.78 is 21.7. The number of benzene rings is 2. The highest BCUT2D eigenvalue weighted by molar-refractivity contribution is 5.86. The molecule has 112 valence electrons. The van der Waals surface area contributed by atoms with Crippen LogP contribution in [0.1, 0.15) is 12.8 Å². The van der Waals surface area contributed by atoms with Crippen LogP contribution in [0.25, 0.3) is 16.6 Å². The molecule has 5 heteroatoms. The minimum atomic E-state index is -0.304. The molecule has 1 aliphatic heterocycles. The van der Waals surface area contributed by atoms with Crippen LogP contribution in [-0.4, -0.2) is 22.6 Å². The number of rotatable bonds is 3. The molecule has 3 aromatic rings. The second-order valence-corrected chi connectivity index (χ2v) is 5.39. The van der Waals surface area contributed by atoms with E-state index in [4.69, 9.17) is 4.74 Å². The van der Waals surface area contributed by atoms with Crippen LogP contribution in [0.5, 0.6) is 5.88 Å². The molecular formula is C17H16FN3O. The Labute approximate surface area is 127 Å². The summed E-state index contributed by atoms with van der Waals surface area (Å²) in [6, 6.07) is 14.3. The van der Waals surface area contributed by atoms with Gasteiger partial charge in [0, 0.05) is 0 Å². The third-order valence-corrected chi connectivity index (χ3v) is 3.90. The summed E-state index contributed by atoms with van der Waals surface area (Å²) in [6.07, 6.45) is 2.03. The van der Waals surface area contributed by atoms with Crippen LogP contribution in [0, 0.1) is 5.82 Å². The molecule has 0 radical (unpaired) electrons. The summed E-state index contributed by atoms with van der Waals surface area (Å²) in [4.78, 5) is 0. The van der Waals surface area contributed by atoms with Gasteiger partial charge in [-0.15, -0.1) is 5.10 Å². The van der Waals surface area contributed by atoms with Crippen molar-refractivity contribution < 1.29 is 9.13 Å². The molecule has 1 N–H and O–H groups in total. The SMILES string of the molecule is Fc1ccccc1-n1nc(O[C@H]2CCCN2)c2ccccc21. The van der Waals surface area contributed by atoms with Crippen molar-refractivity contribution in [2.24, 2.45) is 0 Å². The summed E-state index contributed by atoms with van der Waals surface area (Å²) >= 11 is 0. The Morgan fingerprint density at radius 1 is 1.14 bits per heavy atom. The number of ether oxygens (including phenoxy) is 1. The first kappa shape index (κ1) is 13.3. The monoisotopic (exact) mass is 297 g/mol. The Kier molecular flexibility index (Phi) is 3.27. The molecule has 0 bridgehead atoms. The zero-order valence-electron chi connectivity index (χ0n) is 12.0. The van der Waals surface area contributed by atoms with Crippen molar-refractivity contribution in [3.63, 3.8) is 0 Å². The Morgan fingerprint density at radius 2 is 1.95 bits per heavy atom. The molecule has 0 spiro atoms. The number of fused-ring (bicyclic) bond motifs is 1. The van der Waals surface area contributed by atoms with Gasteiger partial charge >= 0.3 is 0 Å². The van der Waals surface area contributed by atoms with Gasteiger partial charge in [-0.05, 0) is 43.7 Å². The van der Waals surface area contributed by atoms with E-state index in [2.05, 4.69) is 10.4 Å². The summed E-state index contributed by atoms with van der Waals surface area (Å²) in [7, 11) is 0. The average Bonchev–Trinajstić information content (AvgIpc) is 3.17. The van der Waals surface area contributed by atoms with Crippen LogP contribution < -0.4 is 10.1 Å². The van der Waals surface area contributed by atoms with E-state index in [1.807, 2.05) is 24.3 Å². The largest absolute Gasteiger partial charge is 0.457 e. The highest BCUT2D eigenvalue weighted by Crippen LogP contribution is 2.29. The van der Waals surface area contributed by atoms with E-state index < -0.39 is 0 Å². The van der Waals surface area contributed by atoms with Crippen LogP contribution in [0.15, 0.2) is 48.5 Å². The fourth-order valence-corrected chi connectivity index (χ4v) is 2.82. The van der Waals surface area contributed by atoms with E-state index in [0.717, 1.165) is 30.3 Å². The first-order valence-electron chi connectivity index (χ1n) is 7.45. The first-order valence-corrected chi connectivity index (χ1v) is 7.45. The molecule has 1 atom stereocenters. The second-order valence-electron chi connectivity index (χ2n) is 5.39. The predicted octanol–water partition coefficient (Wildman–Crippen LogP) is 3.25. The van der Waals surface area contributed by atoms with E-state index in [1.54, 1.807) is 22.9 Å². The number of aromatic nitrogens is 2. The molecule has 1 saturated heterocycles. The number of para-hydroxylation sites is 2. The number of nitrogens with zero attached hydrogens (tertiary/aromatic N) is 2. The van der Waals surface area contributed by atoms with Crippen LogP contribution in [0.2, 0.25) is 0 Å². The van der Waals surface area contributed by atoms with Gasteiger partial charge in [0.1, 0.15) is 11.5 Å². The van der Waals surface area contributed by atoms with Crippen LogP contribution >= 0.6 is 0 Å². The maximum absolute atomic E-state index is 14.1. The minimum Gasteiger partial charge on any atom is -0.457 e. The Hall–Kier alpha value is -2.40. The van der Waals surface area contributed by atoms with Gasteiger partial charge in [0.2, 0.25) is 5.88 Å². The number of halogens is 1. The predicted molar refractivity (Wildman–Crippen MR) is 82.7 cm³/mol. The van der Waals surface area contributed by atoms with Crippen molar-refractivity contribution in [1.29, 1.82) is 0 Å². The lowest BCUT2D eigenvalue weighted by molar-refractivity contribution is 0.181. The van der Waals surface area contributed by atoms with E-state index in [-0.39, 0.29) is 12.0 Å². The van der Waals surface area contributed by atoms with Crippen molar-refractivity contribution in [3.05, 3.63) is 54.3 Å². The normalized spacial score (nSPS) is 18.0. The second kappa shape index (κ2) is 5.42. The summed E-state index contributed by atoms with van der Waals surface area (Å²) in [6.45, 7) is 0.955. The number of nitrogens with one attached hydrogen (secondary N) is 1. The molecule has 0 unspecified atom stereocenters. The van der Waals surface area contributed by atoms with Crippen molar-refractivity contribution >= 4 is 10.9 Å². The van der Waals surface area contributed by atoms with Gasteiger partial charge in [-0.25, -0.2) is 9.07 Å². The molecule has 0 saturated carbocycles. The van der Waals surface area contributed by atoms with Crippen molar-refractivity contribution in [2.75, 3.05) is 6.54 Å². The van der Waals surface area contributed by atoms with Gasteiger partial charge in [-0.1, -0.05) is 24.3 Å². The molecule has 4 nitrogen and oxygen atoms in total. The maximum Gasteiger partial charge on any atom is 0.242 e. The number of hydrogen-bond acceptors (Lipinski definition) is 3. The molecular weight excluding hydrogens is 281 g/mol. The third-order valence-electron chi connectivity index (χ3n) is 3.90. The molecule has 1 aromatic heterocycles. The Morgan fingerprint density at radius 3 is 2.77 bits per heavy atom. The van der Waals surface area contributed by atoms with E-state index in [0.29, 0.717) is 11.6 Å². The summed E-state index contributed by atoms with van der Waals surface area (Å²) in [5.41, 5.74) is 1.26. The summed E-state index contributed by atoms with van der Waals surface area (Å²) in [5, 5.41) is 8.67. The number of hydrogen-bond donors (Lipinski definition) is 1. The van der Waals surface area contributed by atoms with Crippen molar-refractivity contribution in [3.8, 4) is 11.6 Å². The summed E-state index contributed by atoms with van der Waals surface area (Å²) in [5.74, 6) is 0.236. The van der Waals surface area contributed by atoms with Crippen LogP contribution in [0.3, 0.4) is 0 Å². The van der Waals surface area contributed by atoms with E-state index in [9.17, 15) is 4.39 Å². The standard InChI is InChI=1S/C17H16FN3O/c18-13-7-2-4-9-15(13)21-14-8-3-1-6-12(14)17(20-21)22-16-10-5-11-19-16/h1-4,6-9,16,19H,5,10-11H2/t16-/m0/s1. The molecule has 2 heterocycles. The quantitative estimate of drug-likeness (QED) is 0.806. The zero-order chi connectivity index (χ0) is 14.9. The van der Waals surface area contributed by atoms with Gasteiger partial charge in [-0.2, -0.15) is 0 Å². The minimum absolute atomic E-state index is 0.0209. The fourth-order valence-electron chi connectivity index (χ4n) is 2.82. The molecule has 0 amide bonds. The van der Waals surface area contributed by atoms with Crippen molar-refractivity contribution in [2.45, 2.75) is 19.1 Å². The molecule has 4 rings (SSSR count). The van der Waals surface area contributed by atoms with Gasteiger partial charge < -0.3 is 4.74 Å². The molecule has 0 aliphatic carbocycles. The lowest BCUT2D eigenvalue weighted by atomic mass is 10.2. The average molecular weight is 297 g/mol. The molecule has 2 aromatic carbocycles. The van der Waals surface area contributed by atoms with Gasteiger partial charge in [0.25, 0.3) is 0 Å². The van der Waals surface area contributed by atoms with Crippen molar-refractivity contribution in [1.82, 2.24) is 15.1 Å². The molecule has 22 heavy (non-hydrogen) atoms. The fraction of sp³-hybridized carbons (Fsp3) is 0.235. The topological polar surface area (TPSA) is 39.1 Å². The molecule has 1 aliphatic rings. The molecule has 1 fully saturated rings. The van der Waals surface area contributed by atoms with E-state index >= 15 is 0 Å². The highest BCUT2D eigenvalue weighted by Gasteiger charge is 2.20.